The topological polar surface area (TPSA) is 61.2 Å². The lowest BCUT2D eigenvalue weighted by Gasteiger charge is -2.13. The van der Waals surface area contributed by atoms with E-state index < -0.39 is 0 Å². The summed E-state index contributed by atoms with van der Waals surface area (Å²) in [6.07, 6.45) is 5.43. The zero-order valence-electron chi connectivity index (χ0n) is 16.9. The van der Waals surface area contributed by atoms with E-state index in [1.54, 1.807) is 24.2 Å². The highest BCUT2D eigenvalue weighted by atomic mass is 16.5. The predicted molar refractivity (Wildman–Crippen MR) is 116 cm³/mol. The van der Waals surface area contributed by atoms with Crippen molar-refractivity contribution in [3.05, 3.63) is 102 Å². The molecule has 6 heteroatoms. The van der Waals surface area contributed by atoms with Gasteiger partial charge in [0.05, 0.1) is 7.11 Å². The lowest BCUT2D eigenvalue weighted by atomic mass is 10.2. The van der Waals surface area contributed by atoms with Crippen molar-refractivity contribution < 1.29 is 9.47 Å². The Balaban J connectivity index is 1.37. The minimum atomic E-state index is 0.501. The van der Waals surface area contributed by atoms with Crippen molar-refractivity contribution in [3.8, 4) is 17.3 Å². The van der Waals surface area contributed by atoms with Gasteiger partial charge in [-0.25, -0.2) is 9.67 Å². The fourth-order valence-corrected chi connectivity index (χ4v) is 3.13. The van der Waals surface area contributed by atoms with E-state index >= 15 is 0 Å². The van der Waals surface area contributed by atoms with E-state index in [0.717, 1.165) is 40.6 Å². The van der Waals surface area contributed by atoms with Gasteiger partial charge in [0.2, 0.25) is 0 Å². The van der Waals surface area contributed by atoms with Crippen LogP contribution in [0.25, 0.3) is 5.82 Å². The molecule has 0 aliphatic heterocycles. The molecule has 4 rings (SSSR count). The first-order chi connectivity index (χ1) is 14.8. The zero-order valence-corrected chi connectivity index (χ0v) is 16.9. The van der Waals surface area contributed by atoms with Crippen molar-refractivity contribution >= 4 is 0 Å². The van der Waals surface area contributed by atoms with Gasteiger partial charge in [0.25, 0.3) is 0 Å². The minimum Gasteiger partial charge on any atom is -0.493 e. The molecule has 152 valence electrons. The van der Waals surface area contributed by atoms with Crippen molar-refractivity contribution in [2.24, 2.45) is 0 Å². The van der Waals surface area contributed by atoms with Gasteiger partial charge in [0.1, 0.15) is 6.61 Å². The molecule has 0 amide bonds. The number of nitrogens with one attached hydrogen (secondary N) is 1. The molecule has 2 aromatic carbocycles. The van der Waals surface area contributed by atoms with Crippen LogP contribution in [0.5, 0.6) is 11.5 Å². The molecule has 0 atom stereocenters. The Bertz CT molecular complexity index is 1070. The molecule has 0 saturated heterocycles. The standard InChI is InChI=1S/C24H24N4O2/c1-29-22-9-8-20(14-23(22)30-18-19-6-3-2-4-7-19)16-25-17-21-10-12-26-24(15-21)28-13-5-11-27-28/h2-15,25H,16-18H2,1H3. The summed E-state index contributed by atoms with van der Waals surface area (Å²) in [5.41, 5.74) is 3.39. The molecule has 0 saturated carbocycles. The lowest BCUT2D eigenvalue weighted by molar-refractivity contribution is 0.284. The molecule has 0 spiro atoms. The van der Waals surface area contributed by atoms with Crippen molar-refractivity contribution in [3.63, 3.8) is 0 Å². The molecular formula is C24H24N4O2. The monoisotopic (exact) mass is 400 g/mol. The summed E-state index contributed by atoms with van der Waals surface area (Å²) < 4.78 is 13.2. The highest BCUT2D eigenvalue weighted by molar-refractivity contribution is 5.43. The highest BCUT2D eigenvalue weighted by Gasteiger charge is 2.07. The second kappa shape index (κ2) is 9.71. The Labute approximate surface area is 176 Å². The van der Waals surface area contributed by atoms with Gasteiger partial charge < -0.3 is 14.8 Å². The first-order valence-electron chi connectivity index (χ1n) is 9.81. The Morgan fingerprint density at radius 1 is 0.833 bits per heavy atom. The average molecular weight is 400 g/mol. The molecule has 2 aromatic heterocycles. The second-order valence-electron chi connectivity index (χ2n) is 6.84. The summed E-state index contributed by atoms with van der Waals surface area (Å²) in [6, 6.07) is 22.0. The molecule has 6 nitrogen and oxygen atoms in total. The maximum Gasteiger partial charge on any atom is 0.161 e. The summed E-state index contributed by atoms with van der Waals surface area (Å²) in [7, 11) is 1.66. The molecule has 1 N–H and O–H groups in total. The van der Waals surface area contributed by atoms with Crippen LogP contribution in [0.3, 0.4) is 0 Å². The van der Waals surface area contributed by atoms with Crippen molar-refractivity contribution in [1.82, 2.24) is 20.1 Å². The van der Waals surface area contributed by atoms with E-state index in [4.69, 9.17) is 9.47 Å². The average Bonchev–Trinajstić information content (AvgIpc) is 3.34. The Morgan fingerprint density at radius 2 is 1.67 bits per heavy atom. The number of rotatable bonds is 9. The number of hydrogen-bond acceptors (Lipinski definition) is 5. The first kappa shape index (κ1) is 19.7. The molecule has 0 bridgehead atoms. The third-order valence-electron chi connectivity index (χ3n) is 4.67. The fourth-order valence-electron chi connectivity index (χ4n) is 3.13. The van der Waals surface area contributed by atoms with E-state index in [1.165, 1.54) is 0 Å². The van der Waals surface area contributed by atoms with Crippen LogP contribution in [-0.4, -0.2) is 21.9 Å². The summed E-state index contributed by atoms with van der Waals surface area (Å²) in [5.74, 6) is 2.28. The molecule has 0 radical (unpaired) electrons. The fraction of sp³-hybridized carbons (Fsp3) is 0.167. The third-order valence-corrected chi connectivity index (χ3v) is 4.67. The van der Waals surface area contributed by atoms with Gasteiger partial charge in [-0.15, -0.1) is 0 Å². The van der Waals surface area contributed by atoms with Gasteiger partial charge >= 0.3 is 0 Å². The zero-order chi connectivity index (χ0) is 20.6. The molecule has 0 aliphatic carbocycles. The van der Waals surface area contributed by atoms with Crippen LogP contribution in [-0.2, 0) is 19.7 Å². The van der Waals surface area contributed by atoms with Gasteiger partial charge in [-0.05, 0) is 47.0 Å². The smallest absolute Gasteiger partial charge is 0.161 e. The van der Waals surface area contributed by atoms with Crippen molar-refractivity contribution in [2.75, 3.05) is 7.11 Å². The van der Waals surface area contributed by atoms with E-state index in [-0.39, 0.29) is 0 Å². The number of pyridine rings is 1. The Kier molecular flexibility index (Phi) is 6.37. The predicted octanol–water partition coefficient (Wildman–Crippen LogP) is 4.14. The van der Waals surface area contributed by atoms with E-state index in [2.05, 4.69) is 15.4 Å². The van der Waals surface area contributed by atoms with Crippen LogP contribution < -0.4 is 14.8 Å². The van der Waals surface area contributed by atoms with Crippen molar-refractivity contribution in [1.29, 1.82) is 0 Å². The summed E-state index contributed by atoms with van der Waals surface area (Å²) in [6.45, 7) is 1.94. The van der Waals surface area contributed by atoms with Crippen LogP contribution in [0, 0.1) is 0 Å². The number of hydrogen-bond donors (Lipinski definition) is 1. The molecule has 30 heavy (non-hydrogen) atoms. The third kappa shape index (κ3) is 5.04. The molecular weight excluding hydrogens is 376 g/mol. The minimum absolute atomic E-state index is 0.501. The maximum atomic E-state index is 6.01. The van der Waals surface area contributed by atoms with Crippen LogP contribution in [0.1, 0.15) is 16.7 Å². The molecule has 0 unspecified atom stereocenters. The normalized spacial score (nSPS) is 10.7. The van der Waals surface area contributed by atoms with Gasteiger partial charge in [0.15, 0.2) is 17.3 Å². The van der Waals surface area contributed by atoms with Crippen LogP contribution >= 0.6 is 0 Å². The van der Waals surface area contributed by atoms with Gasteiger partial charge in [-0.3, -0.25) is 0 Å². The molecule has 0 fully saturated rings. The molecule has 2 heterocycles. The summed E-state index contributed by atoms with van der Waals surface area (Å²) in [5, 5.41) is 7.70. The lowest BCUT2D eigenvalue weighted by Crippen LogP contribution is -2.13. The number of benzene rings is 2. The number of aromatic nitrogens is 3. The number of methoxy groups -OCH3 is 1. The molecule has 0 aliphatic rings. The first-order valence-corrected chi connectivity index (χ1v) is 9.81. The van der Waals surface area contributed by atoms with Gasteiger partial charge in [-0.1, -0.05) is 36.4 Å². The van der Waals surface area contributed by atoms with E-state index in [0.29, 0.717) is 13.2 Å². The van der Waals surface area contributed by atoms with Gasteiger partial charge in [0, 0.05) is 31.7 Å². The quantitative estimate of drug-likeness (QED) is 0.457. The van der Waals surface area contributed by atoms with Crippen LogP contribution in [0.2, 0.25) is 0 Å². The highest BCUT2D eigenvalue weighted by Crippen LogP contribution is 2.29. The van der Waals surface area contributed by atoms with Crippen LogP contribution in [0.4, 0.5) is 0 Å². The van der Waals surface area contributed by atoms with E-state index in [1.807, 2.05) is 72.9 Å². The Morgan fingerprint density at radius 3 is 2.43 bits per heavy atom. The van der Waals surface area contributed by atoms with Crippen LogP contribution in [0.15, 0.2) is 85.3 Å². The van der Waals surface area contributed by atoms with Crippen molar-refractivity contribution in [2.45, 2.75) is 19.7 Å². The summed E-state index contributed by atoms with van der Waals surface area (Å²) in [4.78, 5) is 4.37. The van der Waals surface area contributed by atoms with Gasteiger partial charge in [-0.2, -0.15) is 5.10 Å². The largest absolute Gasteiger partial charge is 0.493 e. The maximum absolute atomic E-state index is 6.01. The summed E-state index contributed by atoms with van der Waals surface area (Å²) >= 11 is 0. The number of ether oxygens (including phenoxy) is 2. The SMILES string of the molecule is COc1ccc(CNCc2ccnc(-n3cccn3)c2)cc1OCc1ccccc1. The van der Waals surface area contributed by atoms with E-state index in [9.17, 15) is 0 Å². The Hall–Kier alpha value is -3.64. The molecule has 4 aromatic rings. The second-order valence-corrected chi connectivity index (χ2v) is 6.84. The number of nitrogens with zero attached hydrogens (tertiary/aromatic N) is 3.